The summed E-state index contributed by atoms with van der Waals surface area (Å²) < 4.78 is 12.3. The van der Waals surface area contributed by atoms with Crippen molar-refractivity contribution in [3.05, 3.63) is 65.2 Å². The van der Waals surface area contributed by atoms with E-state index in [9.17, 15) is 4.79 Å². The van der Waals surface area contributed by atoms with Crippen LogP contribution < -0.4 is 14.8 Å². The van der Waals surface area contributed by atoms with Gasteiger partial charge in [0.2, 0.25) is 0 Å². The molecule has 1 aliphatic rings. The van der Waals surface area contributed by atoms with Crippen LogP contribution >= 0.6 is 28.7 Å². The first-order valence-electron chi connectivity index (χ1n) is 16.2. The number of carbonyl (C=O) groups excluding carboxylic acids is 1. The van der Waals surface area contributed by atoms with E-state index >= 15 is 0 Å². The fourth-order valence-electron chi connectivity index (χ4n) is 5.07. The summed E-state index contributed by atoms with van der Waals surface area (Å²) in [7, 11) is 0. The summed E-state index contributed by atoms with van der Waals surface area (Å²) in [6, 6.07) is 14.0. The largest absolute Gasteiger partial charge is 0.490 e. The highest BCUT2D eigenvalue weighted by Gasteiger charge is 2.18. The number of carbonyl (C=O) groups is 1. The lowest BCUT2D eigenvalue weighted by atomic mass is 9.87. The molecule has 1 amide bonds. The molecule has 0 aromatic heterocycles. The molecule has 0 bridgehead atoms. The van der Waals surface area contributed by atoms with Crippen LogP contribution in [0.25, 0.3) is 0 Å². The standard InChI is InChI=1S/C36H54N2O3S.BrH/c1-5-6-7-8-9-10-11-12-13-14-15-18-24-40-34-26-31(36(2,3)4)21-22-33(34)41-28-35(39)37-32-20-17-16-19-30(32)27-38-23-25-42-29-38;/h16-17,19-23,25-26H,5-15,18,24,27-29H2,1-4H3,(H,37,39);1H. The molecule has 0 spiro atoms. The van der Waals surface area contributed by atoms with Crippen molar-refractivity contribution in [3.63, 3.8) is 0 Å². The lowest BCUT2D eigenvalue weighted by Crippen LogP contribution is -2.22. The van der Waals surface area contributed by atoms with Crippen molar-refractivity contribution >= 4 is 40.3 Å². The minimum absolute atomic E-state index is 0. The van der Waals surface area contributed by atoms with Gasteiger partial charge in [-0.2, -0.15) is 0 Å². The second kappa shape index (κ2) is 20.8. The van der Waals surface area contributed by atoms with E-state index in [4.69, 9.17) is 9.47 Å². The number of nitrogens with zero attached hydrogens (tertiary/aromatic N) is 1. The van der Waals surface area contributed by atoms with Crippen molar-refractivity contribution in [1.29, 1.82) is 0 Å². The smallest absolute Gasteiger partial charge is 0.262 e. The van der Waals surface area contributed by atoms with Crippen LogP contribution in [-0.4, -0.2) is 29.9 Å². The molecule has 0 saturated carbocycles. The van der Waals surface area contributed by atoms with Crippen molar-refractivity contribution in [2.24, 2.45) is 0 Å². The lowest BCUT2D eigenvalue weighted by Gasteiger charge is -2.22. The van der Waals surface area contributed by atoms with Crippen LogP contribution in [-0.2, 0) is 16.8 Å². The number of ether oxygens (including phenoxy) is 2. The molecule has 0 fully saturated rings. The topological polar surface area (TPSA) is 50.8 Å². The number of hydrogen-bond acceptors (Lipinski definition) is 5. The number of thioether (sulfide) groups is 1. The number of anilines is 1. The predicted octanol–water partition coefficient (Wildman–Crippen LogP) is 10.6. The molecule has 1 heterocycles. The second-order valence-corrected chi connectivity index (χ2v) is 13.3. The first-order valence-corrected chi connectivity index (χ1v) is 17.2. The number of amides is 1. The van der Waals surface area contributed by atoms with Crippen LogP contribution in [0.2, 0.25) is 0 Å². The number of hydrogen-bond donors (Lipinski definition) is 1. The summed E-state index contributed by atoms with van der Waals surface area (Å²) >= 11 is 1.77. The average molecular weight is 676 g/mol. The van der Waals surface area contributed by atoms with Crippen LogP contribution in [0.1, 0.15) is 116 Å². The van der Waals surface area contributed by atoms with Gasteiger partial charge in [-0.05, 0) is 46.6 Å². The fourth-order valence-corrected chi connectivity index (χ4v) is 5.78. The number of halogens is 1. The first-order chi connectivity index (χ1) is 20.4. The van der Waals surface area contributed by atoms with E-state index < -0.39 is 0 Å². The summed E-state index contributed by atoms with van der Waals surface area (Å²) in [6.45, 7) is 10.2. The second-order valence-electron chi connectivity index (χ2n) is 12.5. The Morgan fingerprint density at radius 2 is 1.51 bits per heavy atom. The van der Waals surface area contributed by atoms with Crippen molar-refractivity contribution in [1.82, 2.24) is 4.90 Å². The molecule has 1 N–H and O–H groups in total. The van der Waals surface area contributed by atoms with Crippen molar-refractivity contribution in [2.75, 3.05) is 24.4 Å². The Hall–Kier alpha value is -2.12. The molecular weight excluding hydrogens is 620 g/mol. The molecule has 0 unspecified atom stereocenters. The number of nitrogens with one attached hydrogen (secondary N) is 1. The first kappa shape index (κ1) is 37.1. The van der Waals surface area contributed by atoms with E-state index in [2.05, 4.69) is 67.7 Å². The van der Waals surface area contributed by atoms with E-state index in [1.165, 1.54) is 76.2 Å². The van der Waals surface area contributed by atoms with Crippen LogP contribution in [0.15, 0.2) is 54.1 Å². The van der Waals surface area contributed by atoms with Gasteiger partial charge in [-0.1, -0.05) is 123 Å². The van der Waals surface area contributed by atoms with Gasteiger partial charge in [-0.15, -0.1) is 28.7 Å². The van der Waals surface area contributed by atoms with E-state index in [-0.39, 0.29) is 34.9 Å². The molecule has 3 rings (SSSR count). The summed E-state index contributed by atoms with van der Waals surface area (Å²) in [5.41, 5.74) is 3.09. The third-order valence-corrected chi connectivity index (χ3v) is 8.49. The Morgan fingerprint density at radius 1 is 0.860 bits per heavy atom. The maximum Gasteiger partial charge on any atom is 0.262 e. The Kier molecular flexibility index (Phi) is 17.9. The van der Waals surface area contributed by atoms with Gasteiger partial charge >= 0.3 is 0 Å². The van der Waals surface area contributed by atoms with Gasteiger partial charge in [0.1, 0.15) is 0 Å². The van der Waals surface area contributed by atoms with Gasteiger partial charge in [0.05, 0.1) is 12.5 Å². The zero-order chi connectivity index (χ0) is 30.0. The zero-order valence-corrected chi connectivity index (χ0v) is 29.5. The summed E-state index contributed by atoms with van der Waals surface area (Å²) in [4.78, 5) is 15.1. The van der Waals surface area contributed by atoms with Gasteiger partial charge in [0, 0.05) is 18.4 Å². The highest BCUT2D eigenvalue weighted by Crippen LogP contribution is 2.34. The molecule has 240 valence electrons. The van der Waals surface area contributed by atoms with Crippen LogP contribution in [0.4, 0.5) is 5.69 Å². The molecule has 0 atom stereocenters. The molecule has 43 heavy (non-hydrogen) atoms. The van der Waals surface area contributed by atoms with Gasteiger partial charge < -0.3 is 19.7 Å². The third-order valence-electron chi connectivity index (χ3n) is 7.70. The third kappa shape index (κ3) is 14.5. The van der Waals surface area contributed by atoms with E-state index in [1.54, 1.807) is 11.8 Å². The van der Waals surface area contributed by atoms with Crippen molar-refractivity contribution in [2.45, 2.75) is 117 Å². The van der Waals surface area contributed by atoms with E-state index in [0.29, 0.717) is 12.4 Å². The minimum atomic E-state index is -0.180. The summed E-state index contributed by atoms with van der Waals surface area (Å²) in [6.07, 6.45) is 17.9. The molecule has 5 nitrogen and oxygen atoms in total. The predicted molar refractivity (Wildman–Crippen MR) is 190 cm³/mol. The zero-order valence-electron chi connectivity index (χ0n) is 27.0. The Morgan fingerprint density at radius 3 is 2.14 bits per heavy atom. The molecular formula is C36H55BrN2O3S. The molecule has 0 aliphatic carbocycles. The van der Waals surface area contributed by atoms with E-state index in [0.717, 1.165) is 35.8 Å². The van der Waals surface area contributed by atoms with Gasteiger partial charge in [0.15, 0.2) is 18.1 Å². The normalized spacial score (nSPS) is 12.7. The van der Waals surface area contributed by atoms with Gasteiger partial charge in [-0.3, -0.25) is 4.79 Å². The lowest BCUT2D eigenvalue weighted by molar-refractivity contribution is -0.118. The van der Waals surface area contributed by atoms with Crippen LogP contribution in [0, 0.1) is 0 Å². The minimum Gasteiger partial charge on any atom is -0.490 e. The Labute approximate surface area is 276 Å². The quantitative estimate of drug-likeness (QED) is 0.142. The van der Waals surface area contributed by atoms with E-state index in [1.807, 2.05) is 24.3 Å². The van der Waals surface area contributed by atoms with Gasteiger partial charge in [-0.25, -0.2) is 0 Å². The fraction of sp³-hybridized carbons (Fsp3) is 0.583. The highest BCUT2D eigenvalue weighted by molar-refractivity contribution is 8.93. The summed E-state index contributed by atoms with van der Waals surface area (Å²) in [5.74, 6) is 2.08. The SMILES string of the molecule is Br.CCCCCCCCCCCCCCOc1cc(C(C)(C)C)ccc1OCC(=O)Nc1ccccc1CN1C=CSC1. The van der Waals surface area contributed by atoms with Crippen LogP contribution in [0.3, 0.4) is 0 Å². The molecule has 2 aromatic carbocycles. The highest BCUT2D eigenvalue weighted by atomic mass is 79.9. The number of para-hydroxylation sites is 1. The van der Waals surface area contributed by atoms with Crippen molar-refractivity contribution < 1.29 is 14.3 Å². The van der Waals surface area contributed by atoms with Crippen LogP contribution in [0.5, 0.6) is 11.5 Å². The number of benzene rings is 2. The molecule has 1 aliphatic heterocycles. The maximum absolute atomic E-state index is 12.9. The van der Waals surface area contributed by atoms with Gasteiger partial charge in [0.25, 0.3) is 5.91 Å². The van der Waals surface area contributed by atoms with Crippen molar-refractivity contribution in [3.8, 4) is 11.5 Å². The average Bonchev–Trinajstić information content (AvgIpc) is 3.48. The Balaban J connectivity index is 0.00000645. The number of rotatable bonds is 20. The monoisotopic (exact) mass is 674 g/mol. The Bertz CT molecular complexity index is 1100. The summed E-state index contributed by atoms with van der Waals surface area (Å²) in [5, 5.41) is 5.14. The maximum atomic E-state index is 12.9. The molecule has 2 aromatic rings. The molecule has 0 saturated heterocycles. The molecule has 0 radical (unpaired) electrons. The number of unbranched alkanes of at least 4 members (excludes halogenated alkanes) is 11. The molecule has 7 heteroatoms.